The first-order valence-electron chi connectivity index (χ1n) is 6.26. The van der Waals surface area contributed by atoms with Crippen molar-refractivity contribution in [3.63, 3.8) is 0 Å². The third kappa shape index (κ3) is 4.55. The molecule has 0 amide bonds. The fourth-order valence-electron chi connectivity index (χ4n) is 1.47. The first kappa shape index (κ1) is 17.3. The van der Waals surface area contributed by atoms with Crippen LogP contribution >= 0.6 is 0 Å². The van der Waals surface area contributed by atoms with E-state index in [0.717, 1.165) is 0 Å². The van der Waals surface area contributed by atoms with Crippen LogP contribution in [0.2, 0.25) is 0 Å². The van der Waals surface area contributed by atoms with Crippen molar-refractivity contribution < 1.29 is 18.3 Å². The van der Waals surface area contributed by atoms with Gasteiger partial charge in [-0.3, -0.25) is 4.79 Å². The number of rotatable bonds is 9. The Morgan fingerprint density at radius 3 is 1.94 bits per heavy atom. The largest absolute Gasteiger partial charge is 0.480 e. The summed E-state index contributed by atoms with van der Waals surface area (Å²) in [5.41, 5.74) is -1.46. The zero-order chi connectivity index (χ0) is 14.4. The maximum atomic E-state index is 12.1. The van der Waals surface area contributed by atoms with Gasteiger partial charge < -0.3 is 5.11 Å². The molecule has 0 aromatic heterocycles. The first-order chi connectivity index (χ1) is 8.23. The van der Waals surface area contributed by atoms with E-state index in [2.05, 4.69) is 4.72 Å². The molecule has 108 valence electrons. The van der Waals surface area contributed by atoms with Gasteiger partial charge >= 0.3 is 5.97 Å². The summed E-state index contributed by atoms with van der Waals surface area (Å²) in [6.45, 7) is 7.57. The molecule has 0 aromatic rings. The number of nitrogens with zero attached hydrogens (tertiary/aromatic N) is 1. The van der Waals surface area contributed by atoms with Gasteiger partial charge in [0, 0.05) is 13.1 Å². The Kier molecular flexibility index (Phi) is 6.80. The average molecular weight is 280 g/mol. The van der Waals surface area contributed by atoms with Crippen molar-refractivity contribution in [3.05, 3.63) is 0 Å². The monoisotopic (exact) mass is 280 g/mol. The Bertz CT molecular complexity index is 363. The first-order valence-corrected chi connectivity index (χ1v) is 7.70. The van der Waals surface area contributed by atoms with Crippen LogP contribution in [0.3, 0.4) is 0 Å². The number of nitrogens with one attached hydrogen (secondary N) is 1. The molecule has 18 heavy (non-hydrogen) atoms. The summed E-state index contributed by atoms with van der Waals surface area (Å²) < 4.78 is 27.9. The van der Waals surface area contributed by atoms with E-state index >= 15 is 0 Å². The van der Waals surface area contributed by atoms with Crippen LogP contribution < -0.4 is 4.72 Å². The third-order valence-electron chi connectivity index (χ3n) is 2.82. The zero-order valence-corrected chi connectivity index (χ0v) is 12.4. The molecule has 0 aliphatic rings. The van der Waals surface area contributed by atoms with Gasteiger partial charge in [0.15, 0.2) is 0 Å². The summed E-state index contributed by atoms with van der Waals surface area (Å²) in [4.78, 5) is 11.1. The van der Waals surface area contributed by atoms with E-state index in [9.17, 15) is 13.2 Å². The van der Waals surface area contributed by atoms with Gasteiger partial charge in [0.2, 0.25) is 0 Å². The van der Waals surface area contributed by atoms with Crippen LogP contribution in [0.5, 0.6) is 0 Å². The molecule has 0 bridgehead atoms. The molecule has 1 atom stereocenters. The third-order valence-corrected chi connectivity index (χ3v) is 4.57. The van der Waals surface area contributed by atoms with Crippen LogP contribution in [0.25, 0.3) is 0 Å². The Hall–Kier alpha value is -0.660. The second kappa shape index (κ2) is 7.06. The number of hydrogen-bond donors (Lipinski definition) is 2. The number of carboxylic acid groups (broad SMARTS) is 1. The lowest BCUT2D eigenvalue weighted by atomic mass is 10.0. The molecule has 1 unspecified atom stereocenters. The van der Waals surface area contributed by atoms with Crippen molar-refractivity contribution in [1.29, 1.82) is 0 Å². The molecule has 0 rings (SSSR count). The van der Waals surface area contributed by atoms with Crippen molar-refractivity contribution >= 4 is 16.2 Å². The van der Waals surface area contributed by atoms with E-state index < -0.39 is 21.7 Å². The topological polar surface area (TPSA) is 86.7 Å². The van der Waals surface area contributed by atoms with Crippen molar-refractivity contribution in [2.24, 2.45) is 0 Å². The number of hydrogen-bond acceptors (Lipinski definition) is 3. The van der Waals surface area contributed by atoms with Crippen LogP contribution in [0.1, 0.15) is 47.0 Å². The highest BCUT2D eigenvalue weighted by Gasteiger charge is 2.37. The quantitative estimate of drug-likeness (QED) is 0.664. The number of aliphatic carboxylic acids is 1. The van der Waals surface area contributed by atoms with E-state index in [4.69, 9.17) is 5.11 Å². The minimum atomic E-state index is -3.76. The fourth-order valence-corrected chi connectivity index (χ4v) is 3.24. The summed E-state index contributed by atoms with van der Waals surface area (Å²) in [6.07, 6.45) is 1.57. The summed E-state index contributed by atoms with van der Waals surface area (Å²) in [5, 5.41) is 9.09. The standard InChI is InChI=1S/C11H24N2O4S/c1-5-8-13(9-6-2)18(16,17)12-11(4,7-3)10(14)15/h12H,5-9H2,1-4H3,(H,14,15). The SMILES string of the molecule is CCCN(CCC)S(=O)(=O)NC(C)(CC)C(=O)O. The summed E-state index contributed by atoms with van der Waals surface area (Å²) in [7, 11) is -3.76. The van der Waals surface area contributed by atoms with Crippen molar-refractivity contribution in [2.45, 2.75) is 52.5 Å². The highest BCUT2D eigenvalue weighted by molar-refractivity contribution is 7.87. The lowest BCUT2D eigenvalue weighted by molar-refractivity contribution is -0.143. The minimum absolute atomic E-state index is 0.188. The van der Waals surface area contributed by atoms with E-state index in [-0.39, 0.29) is 6.42 Å². The average Bonchev–Trinajstić information content (AvgIpc) is 2.27. The maximum Gasteiger partial charge on any atom is 0.324 e. The van der Waals surface area contributed by atoms with Crippen LogP contribution in [0.4, 0.5) is 0 Å². The van der Waals surface area contributed by atoms with Crippen LogP contribution in [0.15, 0.2) is 0 Å². The number of carboxylic acids is 1. The van der Waals surface area contributed by atoms with Gasteiger partial charge in [-0.05, 0) is 26.2 Å². The predicted molar refractivity (Wildman–Crippen MR) is 70.5 cm³/mol. The molecule has 0 aliphatic carbocycles. The van der Waals surface area contributed by atoms with Crippen LogP contribution in [-0.2, 0) is 15.0 Å². The van der Waals surface area contributed by atoms with Crippen LogP contribution in [-0.4, -0.2) is 42.4 Å². The van der Waals surface area contributed by atoms with E-state index in [1.54, 1.807) is 6.92 Å². The van der Waals surface area contributed by atoms with Gasteiger partial charge in [-0.2, -0.15) is 17.4 Å². The Morgan fingerprint density at radius 2 is 1.67 bits per heavy atom. The van der Waals surface area contributed by atoms with E-state index in [1.165, 1.54) is 11.2 Å². The van der Waals surface area contributed by atoms with Crippen molar-refractivity contribution in [1.82, 2.24) is 9.03 Å². The molecule has 6 nitrogen and oxygen atoms in total. The van der Waals surface area contributed by atoms with Crippen molar-refractivity contribution in [3.8, 4) is 0 Å². The summed E-state index contributed by atoms with van der Waals surface area (Å²) in [6, 6.07) is 0. The lowest BCUT2D eigenvalue weighted by Crippen LogP contribution is -2.56. The minimum Gasteiger partial charge on any atom is -0.480 e. The van der Waals surface area contributed by atoms with E-state index in [0.29, 0.717) is 25.9 Å². The summed E-state index contributed by atoms with van der Waals surface area (Å²) >= 11 is 0. The van der Waals surface area contributed by atoms with Crippen molar-refractivity contribution in [2.75, 3.05) is 13.1 Å². The van der Waals surface area contributed by atoms with Gasteiger partial charge in [0.1, 0.15) is 5.54 Å². The molecule has 0 aliphatic heterocycles. The lowest BCUT2D eigenvalue weighted by Gasteiger charge is -2.29. The Labute approximate surface area is 110 Å². The maximum absolute atomic E-state index is 12.1. The molecule has 7 heteroatoms. The molecule has 0 aromatic carbocycles. The molecule has 0 heterocycles. The van der Waals surface area contributed by atoms with E-state index in [1.807, 2.05) is 13.8 Å². The summed E-state index contributed by atoms with van der Waals surface area (Å²) in [5.74, 6) is -1.17. The second-order valence-corrected chi connectivity index (χ2v) is 6.17. The van der Waals surface area contributed by atoms with Gasteiger partial charge in [0.25, 0.3) is 10.2 Å². The zero-order valence-electron chi connectivity index (χ0n) is 11.6. The van der Waals surface area contributed by atoms with Gasteiger partial charge in [-0.25, -0.2) is 0 Å². The van der Waals surface area contributed by atoms with Gasteiger partial charge in [0.05, 0.1) is 0 Å². The Morgan fingerprint density at radius 1 is 1.22 bits per heavy atom. The molecule has 2 N–H and O–H groups in total. The molecule has 0 saturated heterocycles. The smallest absolute Gasteiger partial charge is 0.324 e. The normalized spacial score (nSPS) is 15.6. The molecular weight excluding hydrogens is 256 g/mol. The molecule has 0 radical (unpaired) electrons. The molecule has 0 saturated carbocycles. The molecule has 0 fully saturated rings. The van der Waals surface area contributed by atoms with Crippen LogP contribution in [0, 0.1) is 0 Å². The fraction of sp³-hybridized carbons (Fsp3) is 0.909. The van der Waals surface area contributed by atoms with Gasteiger partial charge in [-0.1, -0.05) is 20.8 Å². The van der Waals surface area contributed by atoms with Gasteiger partial charge in [-0.15, -0.1) is 0 Å². The highest BCUT2D eigenvalue weighted by atomic mass is 32.2. The Balaban J connectivity index is 5.06. The highest BCUT2D eigenvalue weighted by Crippen LogP contribution is 2.13. The predicted octanol–water partition coefficient (Wildman–Crippen LogP) is 1.20. The number of carbonyl (C=O) groups is 1. The molecule has 0 spiro atoms. The molecular formula is C11H24N2O4S. The second-order valence-electron chi connectivity index (χ2n) is 4.50.